The first-order chi connectivity index (χ1) is 14.6. The van der Waals surface area contributed by atoms with E-state index in [4.69, 9.17) is 0 Å². The number of nitrogens with one attached hydrogen (secondary N) is 1. The van der Waals surface area contributed by atoms with Crippen LogP contribution >= 0.6 is 0 Å². The number of sulfonamides is 1. The number of hydrogen-bond donors (Lipinski definition) is 1. The summed E-state index contributed by atoms with van der Waals surface area (Å²) in [6.07, 6.45) is 12.6. The first kappa shape index (κ1) is 23.0. The fourth-order valence-corrected chi connectivity index (χ4v) is 6.51. The van der Waals surface area contributed by atoms with Crippen LogP contribution in [0.4, 0.5) is 0 Å². The fourth-order valence-electron chi connectivity index (χ4n) is 5.01. The van der Waals surface area contributed by atoms with Gasteiger partial charge in [-0.15, -0.1) is 0 Å². The van der Waals surface area contributed by atoms with Gasteiger partial charge in [0.25, 0.3) is 0 Å². The Kier molecular flexibility index (Phi) is 8.52. The second-order valence-corrected chi connectivity index (χ2v) is 10.4. The number of benzene rings is 2. The zero-order chi connectivity index (χ0) is 21.3. The molecule has 0 aromatic heterocycles. The van der Waals surface area contributed by atoms with Crippen molar-refractivity contribution in [3.63, 3.8) is 0 Å². The average molecular weight is 428 g/mol. The molecule has 0 saturated heterocycles. The van der Waals surface area contributed by atoms with Crippen LogP contribution in [0.3, 0.4) is 0 Å². The van der Waals surface area contributed by atoms with Gasteiger partial charge in [0.15, 0.2) is 0 Å². The number of hydrogen-bond acceptors (Lipinski definition) is 2. The van der Waals surface area contributed by atoms with Crippen LogP contribution in [0.25, 0.3) is 0 Å². The van der Waals surface area contributed by atoms with E-state index in [1.165, 1.54) is 38.5 Å². The van der Waals surface area contributed by atoms with Crippen LogP contribution in [0.2, 0.25) is 0 Å². The summed E-state index contributed by atoms with van der Waals surface area (Å²) in [5.74, 6) is 0.342. The van der Waals surface area contributed by atoms with E-state index in [1.54, 1.807) is 24.3 Å². The zero-order valence-electron chi connectivity index (χ0n) is 18.4. The van der Waals surface area contributed by atoms with Gasteiger partial charge in [-0.1, -0.05) is 107 Å². The Balaban J connectivity index is 1.91. The Morgan fingerprint density at radius 2 is 1.40 bits per heavy atom. The van der Waals surface area contributed by atoms with Crippen LogP contribution < -0.4 is 4.72 Å². The summed E-state index contributed by atoms with van der Waals surface area (Å²) in [6, 6.07) is 19.1. The van der Waals surface area contributed by atoms with E-state index in [1.807, 2.05) is 24.3 Å². The largest absolute Gasteiger partial charge is 0.241 e. The van der Waals surface area contributed by atoms with Gasteiger partial charge in [-0.2, -0.15) is 0 Å². The van der Waals surface area contributed by atoms with Gasteiger partial charge in [0.1, 0.15) is 0 Å². The zero-order valence-corrected chi connectivity index (χ0v) is 19.2. The molecular formula is C26H37NO2S. The molecule has 0 heterocycles. The molecule has 1 aliphatic carbocycles. The Hall–Kier alpha value is -1.65. The van der Waals surface area contributed by atoms with Crippen molar-refractivity contribution in [2.45, 2.75) is 88.0 Å². The quantitative estimate of drug-likeness (QED) is 0.379. The van der Waals surface area contributed by atoms with Crippen molar-refractivity contribution in [2.24, 2.45) is 5.92 Å². The molecule has 2 aromatic rings. The van der Waals surface area contributed by atoms with Crippen LogP contribution in [0.1, 0.15) is 83.1 Å². The highest BCUT2D eigenvalue weighted by atomic mass is 32.2. The average Bonchev–Trinajstić information content (AvgIpc) is 3.32. The van der Waals surface area contributed by atoms with Gasteiger partial charge in [-0.3, -0.25) is 0 Å². The van der Waals surface area contributed by atoms with Crippen molar-refractivity contribution in [3.05, 3.63) is 66.2 Å². The summed E-state index contributed by atoms with van der Waals surface area (Å²) in [4.78, 5) is 0.353. The van der Waals surface area contributed by atoms with E-state index in [0.717, 1.165) is 37.7 Å². The predicted octanol–water partition coefficient (Wildman–Crippen LogP) is 6.80. The van der Waals surface area contributed by atoms with E-state index >= 15 is 0 Å². The lowest BCUT2D eigenvalue weighted by molar-refractivity contribution is 0.224. The second-order valence-electron chi connectivity index (χ2n) is 8.76. The van der Waals surface area contributed by atoms with Crippen molar-refractivity contribution < 1.29 is 8.42 Å². The van der Waals surface area contributed by atoms with Crippen molar-refractivity contribution >= 4 is 10.0 Å². The molecule has 1 aliphatic rings. The minimum Gasteiger partial charge on any atom is -0.207 e. The molecular weight excluding hydrogens is 390 g/mol. The molecule has 1 saturated carbocycles. The van der Waals surface area contributed by atoms with Gasteiger partial charge < -0.3 is 0 Å². The van der Waals surface area contributed by atoms with Gasteiger partial charge in [0.2, 0.25) is 10.0 Å². The third kappa shape index (κ3) is 5.73. The molecule has 1 unspecified atom stereocenters. The Bertz CT molecular complexity index is 845. The molecule has 3 rings (SSSR count). The molecule has 2 aromatic carbocycles. The Morgan fingerprint density at radius 3 is 2.03 bits per heavy atom. The minimum absolute atomic E-state index is 0.342. The molecule has 0 spiro atoms. The van der Waals surface area contributed by atoms with Gasteiger partial charge in [0.05, 0.1) is 10.4 Å². The van der Waals surface area contributed by atoms with Crippen molar-refractivity contribution in [2.75, 3.05) is 0 Å². The lowest BCUT2D eigenvalue weighted by Gasteiger charge is -2.40. The lowest BCUT2D eigenvalue weighted by atomic mass is 9.74. The van der Waals surface area contributed by atoms with Crippen LogP contribution in [-0.2, 0) is 15.6 Å². The van der Waals surface area contributed by atoms with E-state index in [2.05, 4.69) is 23.8 Å². The fraction of sp³-hybridized carbons (Fsp3) is 0.538. The molecule has 0 aliphatic heterocycles. The van der Waals surface area contributed by atoms with Crippen LogP contribution in [0.15, 0.2) is 65.6 Å². The molecule has 4 heteroatoms. The van der Waals surface area contributed by atoms with Crippen LogP contribution in [-0.4, -0.2) is 8.42 Å². The smallest absolute Gasteiger partial charge is 0.207 e. The molecule has 0 amide bonds. The first-order valence-corrected chi connectivity index (χ1v) is 13.2. The van der Waals surface area contributed by atoms with Gasteiger partial charge in [-0.25, -0.2) is 13.1 Å². The van der Waals surface area contributed by atoms with Crippen molar-refractivity contribution in [1.29, 1.82) is 0 Å². The molecule has 1 fully saturated rings. The summed E-state index contributed by atoms with van der Waals surface area (Å²) in [7, 11) is -3.60. The highest BCUT2D eigenvalue weighted by molar-refractivity contribution is 7.89. The maximum Gasteiger partial charge on any atom is 0.241 e. The normalized spacial score (nSPS) is 17.1. The van der Waals surface area contributed by atoms with E-state index < -0.39 is 15.6 Å². The van der Waals surface area contributed by atoms with Gasteiger partial charge >= 0.3 is 0 Å². The Labute approximate surface area is 183 Å². The monoisotopic (exact) mass is 427 g/mol. The summed E-state index contributed by atoms with van der Waals surface area (Å²) >= 11 is 0. The maximum atomic E-state index is 13.4. The summed E-state index contributed by atoms with van der Waals surface area (Å²) in [6.45, 7) is 2.24. The highest BCUT2D eigenvalue weighted by Crippen LogP contribution is 2.44. The van der Waals surface area contributed by atoms with Crippen LogP contribution in [0, 0.1) is 5.92 Å². The topological polar surface area (TPSA) is 46.2 Å². The molecule has 0 bridgehead atoms. The van der Waals surface area contributed by atoms with E-state index in [0.29, 0.717) is 10.8 Å². The number of unbranched alkanes of at least 4 members (excludes halogenated alkanes) is 5. The number of rotatable bonds is 12. The minimum atomic E-state index is -3.60. The Morgan fingerprint density at radius 1 is 0.833 bits per heavy atom. The molecule has 1 N–H and O–H groups in total. The molecule has 0 radical (unpaired) electrons. The summed E-state index contributed by atoms with van der Waals surface area (Å²) in [5.41, 5.74) is 0.585. The second kappa shape index (κ2) is 11.1. The third-order valence-electron chi connectivity index (χ3n) is 6.64. The van der Waals surface area contributed by atoms with Gasteiger partial charge in [-0.05, 0) is 42.9 Å². The molecule has 164 valence electrons. The maximum absolute atomic E-state index is 13.4. The molecule has 1 atom stereocenters. The lowest BCUT2D eigenvalue weighted by Crippen LogP contribution is -2.50. The van der Waals surface area contributed by atoms with Crippen molar-refractivity contribution in [1.82, 2.24) is 4.72 Å². The first-order valence-electron chi connectivity index (χ1n) is 11.7. The van der Waals surface area contributed by atoms with Crippen LogP contribution in [0.5, 0.6) is 0 Å². The van der Waals surface area contributed by atoms with Gasteiger partial charge in [0, 0.05) is 0 Å². The van der Waals surface area contributed by atoms with Crippen molar-refractivity contribution in [3.8, 4) is 0 Å². The predicted molar refractivity (Wildman–Crippen MR) is 125 cm³/mol. The van der Waals surface area contributed by atoms with E-state index in [-0.39, 0.29) is 0 Å². The molecule has 30 heavy (non-hydrogen) atoms. The standard InChI is InChI=1S/C26H37NO2S/c1-2-3-4-5-6-15-22-26(24-18-13-14-19-24,23-16-9-7-10-17-23)27-30(28,29)25-20-11-8-12-21-25/h7-12,16-17,20-21,24,27H,2-6,13-15,18-19,22H2,1H3. The third-order valence-corrected chi connectivity index (χ3v) is 8.16. The molecule has 3 nitrogen and oxygen atoms in total. The SMILES string of the molecule is CCCCCCCCC(NS(=O)(=O)c1ccccc1)(c1ccccc1)C1CCCC1. The van der Waals surface area contributed by atoms with E-state index in [9.17, 15) is 8.42 Å². The highest BCUT2D eigenvalue weighted by Gasteiger charge is 2.44. The summed E-state index contributed by atoms with van der Waals surface area (Å²) < 4.78 is 30.1. The summed E-state index contributed by atoms with van der Waals surface area (Å²) in [5, 5.41) is 0.